The van der Waals surface area contributed by atoms with E-state index in [-0.39, 0.29) is 6.23 Å². The second-order valence-electron chi connectivity index (χ2n) is 3.65. The summed E-state index contributed by atoms with van der Waals surface area (Å²) in [7, 11) is 0. The predicted octanol–water partition coefficient (Wildman–Crippen LogP) is 1.61. The minimum Gasteiger partial charge on any atom is -0.374 e. The number of fused-ring (bicyclic) bond motifs is 1. The Morgan fingerprint density at radius 3 is 3.20 bits per heavy atom. The van der Waals surface area contributed by atoms with Gasteiger partial charge in [0.1, 0.15) is 12.6 Å². The van der Waals surface area contributed by atoms with Crippen LogP contribution in [0.25, 0.3) is 10.2 Å². The molecular formula is C10H11N3OS. The van der Waals surface area contributed by atoms with Gasteiger partial charge in [-0.15, -0.1) is 11.3 Å². The third-order valence-electron chi connectivity index (χ3n) is 2.72. The summed E-state index contributed by atoms with van der Waals surface area (Å²) < 4.78 is 1.07. The first-order valence-corrected chi connectivity index (χ1v) is 5.87. The lowest BCUT2D eigenvalue weighted by atomic mass is 10.4. The van der Waals surface area contributed by atoms with Gasteiger partial charge in [-0.25, -0.2) is 9.97 Å². The Morgan fingerprint density at radius 2 is 2.40 bits per heavy atom. The molecule has 0 radical (unpaired) electrons. The molecule has 3 heterocycles. The van der Waals surface area contributed by atoms with Crippen LogP contribution in [0, 0.1) is 0 Å². The smallest absolute Gasteiger partial charge is 0.152 e. The quantitative estimate of drug-likeness (QED) is 0.794. The Hall–Kier alpha value is -1.20. The number of thiophene rings is 1. The maximum Gasteiger partial charge on any atom is 0.152 e. The van der Waals surface area contributed by atoms with Crippen LogP contribution >= 0.6 is 11.3 Å². The highest BCUT2D eigenvalue weighted by molar-refractivity contribution is 7.17. The van der Waals surface area contributed by atoms with Gasteiger partial charge < -0.3 is 10.0 Å². The Labute approximate surface area is 91.2 Å². The van der Waals surface area contributed by atoms with E-state index in [0.717, 1.165) is 35.4 Å². The molecule has 0 aliphatic carbocycles. The fourth-order valence-electron chi connectivity index (χ4n) is 1.98. The fraction of sp³-hybridized carbons (Fsp3) is 0.400. The zero-order valence-electron chi connectivity index (χ0n) is 8.13. The SMILES string of the molecule is OC1CCCN1c1ncnc2ccsc12. The van der Waals surface area contributed by atoms with Crippen molar-refractivity contribution in [2.24, 2.45) is 0 Å². The monoisotopic (exact) mass is 221 g/mol. The van der Waals surface area contributed by atoms with Crippen molar-refractivity contribution in [3.05, 3.63) is 17.8 Å². The number of rotatable bonds is 1. The molecule has 5 heteroatoms. The molecule has 0 bridgehead atoms. The summed E-state index contributed by atoms with van der Waals surface area (Å²) in [4.78, 5) is 10.4. The van der Waals surface area contributed by atoms with Crippen molar-refractivity contribution in [2.45, 2.75) is 19.1 Å². The van der Waals surface area contributed by atoms with Gasteiger partial charge in [0.15, 0.2) is 5.82 Å². The van der Waals surface area contributed by atoms with Crippen LogP contribution in [0.4, 0.5) is 5.82 Å². The van der Waals surface area contributed by atoms with Gasteiger partial charge in [-0.3, -0.25) is 0 Å². The molecular weight excluding hydrogens is 210 g/mol. The number of anilines is 1. The molecule has 1 aliphatic rings. The van der Waals surface area contributed by atoms with Gasteiger partial charge in [-0.2, -0.15) is 0 Å². The molecule has 15 heavy (non-hydrogen) atoms. The molecule has 1 N–H and O–H groups in total. The molecule has 1 saturated heterocycles. The molecule has 1 aliphatic heterocycles. The molecule has 0 amide bonds. The van der Waals surface area contributed by atoms with Gasteiger partial charge in [-0.1, -0.05) is 0 Å². The Morgan fingerprint density at radius 1 is 1.47 bits per heavy atom. The summed E-state index contributed by atoms with van der Waals surface area (Å²) >= 11 is 1.63. The number of nitrogens with zero attached hydrogens (tertiary/aromatic N) is 3. The highest BCUT2D eigenvalue weighted by atomic mass is 32.1. The Kier molecular flexibility index (Phi) is 2.07. The minimum absolute atomic E-state index is 0.384. The van der Waals surface area contributed by atoms with Gasteiger partial charge >= 0.3 is 0 Å². The van der Waals surface area contributed by atoms with Crippen LogP contribution in [-0.2, 0) is 0 Å². The molecule has 2 aromatic heterocycles. The van der Waals surface area contributed by atoms with Gasteiger partial charge in [0.05, 0.1) is 10.2 Å². The van der Waals surface area contributed by atoms with Crippen molar-refractivity contribution >= 4 is 27.4 Å². The topological polar surface area (TPSA) is 49.2 Å². The van der Waals surface area contributed by atoms with E-state index in [0.29, 0.717) is 0 Å². The van der Waals surface area contributed by atoms with Crippen LogP contribution in [-0.4, -0.2) is 27.8 Å². The minimum atomic E-state index is -0.384. The lowest BCUT2D eigenvalue weighted by molar-refractivity contribution is 0.185. The summed E-state index contributed by atoms with van der Waals surface area (Å²) in [5.41, 5.74) is 0.962. The number of aromatic nitrogens is 2. The summed E-state index contributed by atoms with van der Waals surface area (Å²) in [5, 5.41) is 11.8. The van der Waals surface area contributed by atoms with Gasteiger partial charge in [0.2, 0.25) is 0 Å². The third-order valence-corrected chi connectivity index (χ3v) is 3.62. The molecule has 2 aromatic rings. The van der Waals surface area contributed by atoms with Gasteiger partial charge in [0, 0.05) is 6.54 Å². The molecule has 4 nitrogen and oxygen atoms in total. The van der Waals surface area contributed by atoms with Crippen LogP contribution in [0.3, 0.4) is 0 Å². The third kappa shape index (κ3) is 1.39. The molecule has 0 aromatic carbocycles. The van der Waals surface area contributed by atoms with Gasteiger partial charge in [-0.05, 0) is 24.3 Å². The zero-order chi connectivity index (χ0) is 10.3. The van der Waals surface area contributed by atoms with Crippen molar-refractivity contribution < 1.29 is 5.11 Å². The van der Waals surface area contributed by atoms with Gasteiger partial charge in [0.25, 0.3) is 0 Å². The highest BCUT2D eigenvalue weighted by Gasteiger charge is 2.25. The highest BCUT2D eigenvalue weighted by Crippen LogP contribution is 2.31. The summed E-state index contributed by atoms with van der Waals surface area (Å²) in [5.74, 6) is 0.875. The summed E-state index contributed by atoms with van der Waals surface area (Å²) in [6.07, 6.45) is 3.04. The summed E-state index contributed by atoms with van der Waals surface area (Å²) in [6, 6.07) is 1.98. The number of hydrogen-bond donors (Lipinski definition) is 1. The van der Waals surface area contributed by atoms with Crippen molar-refractivity contribution in [1.82, 2.24) is 9.97 Å². The zero-order valence-corrected chi connectivity index (χ0v) is 8.94. The standard InChI is InChI=1S/C10H11N3OS/c14-8-2-1-4-13(8)10-9-7(3-5-15-9)11-6-12-10/h3,5-6,8,14H,1-2,4H2. The first kappa shape index (κ1) is 9.06. The maximum atomic E-state index is 9.81. The van der Waals surface area contributed by atoms with E-state index < -0.39 is 0 Å². The van der Waals surface area contributed by atoms with E-state index >= 15 is 0 Å². The van der Waals surface area contributed by atoms with E-state index in [1.807, 2.05) is 16.3 Å². The average molecular weight is 221 g/mol. The van der Waals surface area contributed by atoms with E-state index in [4.69, 9.17) is 0 Å². The molecule has 1 atom stereocenters. The van der Waals surface area contributed by atoms with E-state index in [1.54, 1.807) is 17.7 Å². The molecule has 0 spiro atoms. The normalized spacial score (nSPS) is 21.4. The first-order valence-electron chi connectivity index (χ1n) is 4.99. The number of aliphatic hydroxyl groups is 1. The average Bonchev–Trinajstić information content (AvgIpc) is 2.85. The van der Waals surface area contributed by atoms with Crippen molar-refractivity contribution in [3.63, 3.8) is 0 Å². The first-order chi connectivity index (χ1) is 7.36. The van der Waals surface area contributed by atoms with Crippen LogP contribution in [0.5, 0.6) is 0 Å². The number of hydrogen-bond acceptors (Lipinski definition) is 5. The fourth-order valence-corrected chi connectivity index (χ4v) is 2.83. The lowest BCUT2D eigenvalue weighted by Crippen LogP contribution is -2.29. The van der Waals surface area contributed by atoms with Crippen LogP contribution in [0.1, 0.15) is 12.8 Å². The van der Waals surface area contributed by atoms with Crippen LogP contribution in [0.2, 0.25) is 0 Å². The Balaban J connectivity index is 2.13. The van der Waals surface area contributed by atoms with Crippen molar-refractivity contribution in [3.8, 4) is 0 Å². The molecule has 78 valence electrons. The Bertz CT molecular complexity index is 484. The second-order valence-corrected chi connectivity index (χ2v) is 4.56. The molecule has 1 fully saturated rings. The number of aliphatic hydroxyl groups excluding tert-OH is 1. The van der Waals surface area contributed by atoms with Crippen molar-refractivity contribution in [1.29, 1.82) is 0 Å². The predicted molar refractivity (Wildman–Crippen MR) is 60.0 cm³/mol. The molecule has 3 rings (SSSR count). The maximum absolute atomic E-state index is 9.81. The molecule has 0 saturated carbocycles. The van der Waals surface area contributed by atoms with Crippen LogP contribution < -0.4 is 4.90 Å². The second kappa shape index (κ2) is 3.43. The largest absolute Gasteiger partial charge is 0.374 e. The van der Waals surface area contributed by atoms with E-state index in [1.165, 1.54) is 0 Å². The lowest BCUT2D eigenvalue weighted by Gasteiger charge is -2.21. The van der Waals surface area contributed by atoms with Crippen LogP contribution in [0.15, 0.2) is 17.8 Å². The summed E-state index contributed by atoms with van der Waals surface area (Å²) in [6.45, 7) is 0.880. The van der Waals surface area contributed by atoms with E-state index in [9.17, 15) is 5.11 Å². The van der Waals surface area contributed by atoms with E-state index in [2.05, 4.69) is 9.97 Å². The van der Waals surface area contributed by atoms with Crippen molar-refractivity contribution in [2.75, 3.05) is 11.4 Å². The molecule has 1 unspecified atom stereocenters.